The van der Waals surface area contributed by atoms with Crippen molar-refractivity contribution in [2.45, 2.75) is 6.92 Å². The summed E-state index contributed by atoms with van der Waals surface area (Å²) in [4.78, 5) is 16.0. The molecule has 5 heteroatoms. The van der Waals surface area contributed by atoms with Gasteiger partial charge in [-0.3, -0.25) is 9.78 Å². The first-order valence-corrected chi connectivity index (χ1v) is 6.79. The number of anilines is 1. The van der Waals surface area contributed by atoms with E-state index in [-0.39, 0.29) is 5.57 Å². The van der Waals surface area contributed by atoms with Crippen LogP contribution < -0.4 is 10.1 Å². The molecule has 22 heavy (non-hydrogen) atoms. The van der Waals surface area contributed by atoms with Gasteiger partial charge in [-0.1, -0.05) is 6.07 Å². The molecule has 0 aliphatic heterocycles. The third kappa shape index (κ3) is 4.18. The number of aromatic nitrogens is 1. The van der Waals surface area contributed by atoms with E-state index in [1.54, 1.807) is 48.8 Å². The van der Waals surface area contributed by atoms with E-state index in [2.05, 4.69) is 10.3 Å². The molecule has 0 aliphatic rings. The van der Waals surface area contributed by atoms with Crippen LogP contribution in [0.25, 0.3) is 6.08 Å². The van der Waals surface area contributed by atoms with Gasteiger partial charge in [0.2, 0.25) is 0 Å². The standard InChI is InChI=1S/C17H15N3O2/c1-2-22-16-7-5-15(6-8-16)20-17(21)14(11-18)10-13-4-3-9-19-12-13/h3-10,12H,2H2,1H3,(H,20,21)/b14-10+. The summed E-state index contributed by atoms with van der Waals surface area (Å²) in [7, 11) is 0. The monoisotopic (exact) mass is 293 g/mol. The predicted octanol–water partition coefficient (Wildman–Crippen LogP) is 3.03. The van der Waals surface area contributed by atoms with E-state index in [0.29, 0.717) is 17.9 Å². The summed E-state index contributed by atoms with van der Waals surface area (Å²) in [5.74, 6) is 0.266. The van der Waals surface area contributed by atoms with Gasteiger partial charge < -0.3 is 10.1 Å². The summed E-state index contributed by atoms with van der Waals surface area (Å²) in [6.07, 6.45) is 4.71. The fourth-order valence-corrected chi connectivity index (χ4v) is 1.78. The van der Waals surface area contributed by atoms with Gasteiger partial charge in [-0.25, -0.2) is 0 Å². The van der Waals surface area contributed by atoms with E-state index in [1.165, 1.54) is 6.08 Å². The number of rotatable bonds is 5. The van der Waals surface area contributed by atoms with Gasteiger partial charge in [0.25, 0.3) is 5.91 Å². The zero-order valence-corrected chi connectivity index (χ0v) is 12.1. The van der Waals surface area contributed by atoms with Crippen LogP contribution in [0.2, 0.25) is 0 Å². The summed E-state index contributed by atoms with van der Waals surface area (Å²) in [5.41, 5.74) is 1.31. The maximum absolute atomic E-state index is 12.1. The number of pyridine rings is 1. The maximum Gasteiger partial charge on any atom is 0.266 e. The number of carbonyl (C=O) groups is 1. The Hall–Kier alpha value is -3.13. The number of hydrogen-bond donors (Lipinski definition) is 1. The molecule has 0 bridgehead atoms. The molecule has 2 aromatic rings. The molecule has 1 aromatic heterocycles. The topological polar surface area (TPSA) is 75.0 Å². The highest BCUT2D eigenvalue weighted by atomic mass is 16.5. The minimum Gasteiger partial charge on any atom is -0.494 e. The highest BCUT2D eigenvalue weighted by Gasteiger charge is 2.09. The van der Waals surface area contributed by atoms with Gasteiger partial charge in [0, 0.05) is 18.1 Å². The summed E-state index contributed by atoms with van der Waals surface area (Å²) in [6, 6.07) is 12.4. The van der Waals surface area contributed by atoms with Crippen molar-refractivity contribution in [2.75, 3.05) is 11.9 Å². The van der Waals surface area contributed by atoms with Gasteiger partial charge in [-0.05, 0) is 48.9 Å². The summed E-state index contributed by atoms with van der Waals surface area (Å²) < 4.78 is 5.33. The molecule has 0 aliphatic carbocycles. The average molecular weight is 293 g/mol. The van der Waals surface area contributed by atoms with Crippen molar-refractivity contribution in [3.8, 4) is 11.8 Å². The maximum atomic E-state index is 12.1. The van der Waals surface area contributed by atoms with E-state index in [1.807, 2.05) is 13.0 Å². The van der Waals surface area contributed by atoms with Gasteiger partial charge >= 0.3 is 0 Å². The molecular weight excluding hydrogens is 278 g/mol. The van der Waals surface area contributed by atoms with Gasteiger partial charge in [-0.2, -0.15) is 5.26 Å². The Morgan fingerprint density at radius 2 is 2.14 bits per heavy atom. The van der Waals surface area contributed by atoms with E-state index < -0.39 is 5.91 Å². The number of carbonyl (C=O) groups excluding carboxylic acids is 1. The van der Waals surface area contributed by atoms with Crippen molar-refractivity contribution >= 4 is 17.7 Å². The van der Waals surface area contributed by atoms with Crippen LogP contribution >= 0.6 is 0 Å². The van der Waals surface area contributed by atoms with Gasteiger partial charge in [-0.15, -0.1) is 0 Å². The second kappa shape index (κ2) is 7.60. The van der Waals surface area contributed by atoms with Gasteiger partial charge in [0.15, 0.2) is 0 Å². The number of benzene rings is 1. The summed E-state index contributed by atoms with van der Waals surface area (Å²) in [5, 5.41) is 11.8. The third-order valence-electron chi connectivity index (χ3n) is 2.78. The molecule has 1 amide bonds. The van der Waals surface area contributed by atoms with Crippen molar-refractivity contribution in [1.29, 1.82) is 5.26 Å². The van der Waals surface area contributed by atoms with Crippen molar-refractivity contribution in [3.05, 3.63) is 59.9 Å². The molecule has 2 rings (SSSR count). The number of nitrogens with one attached hydrogen (secondary N) is 1. The normalized spacial score (nSPS) is 10.6. The van der Waals surface area contributed by atoms with Crippen LogP contribution in [0, 0.1) is 11.3 Å². The second-order valence-corrected chi connectivity index (χ2v) is 4.37. The molecule has 0 spiro atoms. The molecule has 0 unspecified atom stereocenters. The fourth-order valence-electron chi connectivity index (χ4n) is 1.78. The van der Waals surface area contributed by atoms with Crippen molar-refractivity contribution in [2.24, 2.45) is 0 Å². The second-order valence-electron chi connectivity index (χ2n) is 4.37. The lowest BCUT2D eigenvalue weighted by molar-refractivity contribution is -0.112. The lowest BCUT2D eigenvalue weighted by Crippen LogP contribution is -2.13. The summed E-state index contributed by atoms with van der Waals surface area (Å²) >= 11 is 0. The van der Waals surface area contributed by atoms with E-state index in [0.717, 1.165) is 5.75 Å². The Morgan fingerprint density at radius 3 is 2.73 bits per heavy atom. The minimum atomic E-state index is -0.462. The lowest BCUT2D eigenvalue weighted by Gasteiger charge is -2.06. The SMILES string of the molecule is CCOc1ccc(NC(=O)/C(C#N)=C/c2cccnc2)cc1. The first-order chi connectivity index (χ1) is 10.7. The minimum absolute atomic E-state index is 0.0156. The zero-order valence-electron chi connectivity index (χ0n) is 12.1. The summed E-state index contributed by atoms with van der Waals surface area (Å²) in [6.45, 7) is 2.48. The highest BCUT2D eigenvalue weighted by Crippen LogP contribution is 2.16. The van der Waals surface area contributed by atoms with Gasteiger partial charge in [0.05, 0.1) is 6.61 Å². The first-order valence-electron chi connectivity index (χ1n) is 6.79. The molecule has 110 valence electrons. The number of ether oxygens (including phenoxy) is 1. The largest absolute Gasteiger partial charge is 0.494 e. The molecule has 1 heterocycles. The fraction of sp³-hybridized carbons (Fsp3) is 0.118. The van der Waals surface area contributed by atoms with Crippen LogP contribution in [0.1, 0.15) is 12.5 Å². The predicted molar refractivity (Wildman–Crippen MR) is 84.1 cm³/mol. The Balaban J connectivity index is 2.10. The van der Waals surface area contributed by atoms with Crippen LogP contribution in [-0.2, 0) is 4.79 Å². The van der Waals surface area contributed by atoms with Crippen LogP contribution in [0.4, 0.5) is 5.69 Å². The van der Waals surface area contributed by atoms with Crippen molar-refractivity contribution in [3.63, 3.8) is 0 Å². The molecule has 0 fully saturated rings. The number of hydrogen-bond acceptors (Lipinski definition) is 4. The lowest BCUT2D eigenvalue weighted by atomic mass is 10.1. The van der Waals surface area contributed by atoms with Crippen molar-refractivity contribution < 1.29 is 9.53 Å². The Kier molecular flexibility index (Phi) is 5.27. The Bertz CT molecular complexity index is 701. The van der Waals surface area contributed by atoms with E-state index in [9.17, 15) is 4.79 Å². The zero-order chi connectivity index (χ0) is 15.8. The van der Waals surface area contributed by atoms with E-state index in [4.69, 9.17) is 10.00 Å². The molecular formula is C17H15N3O2. The smallest absolute Gasteiger partial charge is 0.266 e. The molecule has 1 aromatic carbocycles. The molecule has 0 atom stereocenters. The number of nitriles is 1. The van der Waals surface area contributed by atoms with Crippen LogP contribution in [0.3, 0.4) is 0 Å². The van der Waals surface area contributed by atoms with Crippen molar-refractivity contribution in [1.82, 2.24) is 4.98 Å². The average Bonchev–Trinajstić information content (AvgIpc) is 2.55. The molecule has 0 saturated carbocycles. The molecule has 1 N–H and O–H groups in total. The Morgan fingerprint density at radius 1 is 1.36 bits per heavy atom. The molecule has 5 nitrogen and oxygen atoms in total. The Labute approximate surface area is 128 Å². The van der Waals surface area contributed by atoms with Gasteiger partial charge in [0.1, 0.15) is 17.4 Å². The number of amides is 1. The van der Waals surface area contributed by atoms with Crippen LogP contribution in [0.5, 0.6) is 5.75 Å². The van der Waals surface area contributed by atoms with E-state index >= 15 is 0 Å². The molecule has 0 saturated heterocycles. The molecule has 0 radical (unpaired) electrons. The third-order valence-corrected chi connectivity index (χ3v) is 2.78. The first kappa shape index (κ1) is 15.3. The number of nitrogens with zero attached hydrogens (tertiary/aromatic N) is 2. The highest BCUT2D eigenvalue weighted by molar-refractivity contribution is 6.09. The van der Waals surface area contributed by atoms with Crippen LogP contribution in [0.15, 0.2) is 54.4 Å². The van der Waals surface area contributed by atoms with Crippen LogP contribution in [-0.4, -0.2) is 17.5 Å². The quantitative estimate of drug-likeness (QED) is 0.679.